The zero-order valence-electron chi connectivity index (χ0n) is 11.4. The van der Waals surface area contributed by atoms with Crippen LogP contribution in [0.2, 0.25) is 0 Å². The van der Waals surface area contributed by atoms with Gasteiger partial charge in [0.15, 0.2) is 0 Å². The Kier molecular flexibility index (Phi) is 4.78. The summed E-state index contributed by atoms with van der Waals surface area (Å²) in [6, 6.07) is 13.6. The predicted molar refractivity (Wildman–Crippen MR) is 82.9 cm³/mol. The van der Waals surface area contributed by atoms with Gasteiger partial charge in [0.2, 0.25) is 0 Å². The van der Waals surface area contributed by atoms with E-state index in [0.29, 0.717) is 11.3 Å². The lowest BCUT2D eigenvalue weighted by Crippen LogP contribution is -2.05. The first kappa shape index (κ1) is 14.6. The quantitative estimate of drug-likeness (QED) is 0.916. The Morgan fingerprint density at radius 3 is 2.70 bits per heavy atom. The first-order valence-electron chi connectivity index (χ1n) is 6.25. The minimum atomic E-state index is 0.540. The maximum Gasteiger partial charge on any atom is 0.145 e. The van der Waals surface area contributed by atoms with Crippen molar-refractivity contribution in [2.75, 3.05) is 7.05 Å². The largest absolute Gasteiger partial charge is 0.456 e. The van der Waals surface area contributed by atoms with E-state index in [2.05, 4.69) is 27.3 Å². The summed E-state index contributed by atoms with van der Waals surface area (Å²) >= 11 is 3.45. The Balaban J connectivity index is 2.28. The molecule has 0 aliphatic heterocycles. The van der Waals surface area contributed by atoms with Gasteiger partial charge >= 0.3 is 0 Å². The molecule has 2 aromatic rings. The molecule has 102 valence electrons. The molecule has 1 N–H and O–H groups in total. The van der Waals surface area contributed by atoms with Gasteiger partial charge in [-0.1, -0.05) is 22.0 Å². The number of ether oxygens (including phenoxy) is 1. The van der Waals surface area contributed by atoms with Crippen molar-refractivity contribution >= 4 is 15.9 Å². The molecule has 4 heteroatoms. The highest BCUT2D eigenvalue weighted by Crippen LogP contribution is 2.28. The molecule has 0 atom stereocenters. The van der Waals surface area contributed by atoms with Crippen molar-refractivity contribution in [3.63, 3.8) is 0 Å². The normalized spacial score (nSPS) is 10.1. The molecule has 2 aromatic carbocycles. The molecule has 0 spiro atoms. The van der Waals surface area contributed by atoms with Gasteiger partial charge < -0.3 is 10.1 Å². The van der Waals surface area contributed by atoms with E-state index in [1.165, 1.54) is 0 Å². The van der Waals surface area contributed by atoms with E-state index >= 15 is 0 Å². The fraction of sp³-hybridized carbons (Fsp3) is 0.188. The lowest BCUT2D eigenvalue weighted by molar-refractivity contribution is 0.480. The number of rotatable bonds is 4. The molecule has 3 nitrogen and oxygen atoms in total. The minimum absolute atomic E-state index is 0.540. The average Bonchev–Trinajstić information content (AvgIpc) is 2.45. The summed E-state index contributed by atoms with van der Waals surface area (Å²) in [7, 11) is 1.88. The van der Waals surface area contributed by atoms with Gasteiger partial charge in [0.1, 0.15) is 17.6 Å². The summed E-state index contributed by atoms with van der Waals surface area (Å²) in [5.74, 6) is 1.30. The van der Waals surface area contributed by atoms with E-state index in [9.17, 15) is 5.26 Å². The Hall–Kier alpha value is -1.83. The van der Waals surface area contributed by atoms with E-state index in [0.717, 1.165) is 27.9 Å². The molecule has 0 aromatic heterocycles. The fourth-order valence-electron chi connectivity index (χ4n) is 1.88. The highest BCUT2D eigenvalue weighted by molar-refractivity contribution is 9.10. The van der Waals surface area contributed by atoms with Crippen molar-refractivity contribution in [3.8, 4) is 17.6 Å². The molecule has 0 radical (unpaired) electrons. The first-order valence-corrected chi connectivity index (χ1v) is 7.05. The molecule has 0 fully saturated rings. The lowest BCUT2D eigenvalue weighted by Gasteiger charge is -2.10. The molecule has 0 aliphatic carbocycles. The second-order valence-electron chi connectivity index (χ2n) is 4.49. The highest BCUT2D eigenvalue weighted by Gasteiger charge is 2.07. The van der Waals surface area contributed by atoms with Crippen LogP contribution < -0.4 is 10.1 Å². The van der Waals surface area contributed by atoms with Crippen LogP contribution in [0.3, 0.4) is 0 Å². The molecule has 0 amide bonds. The summed E-state index contributed by atoms with van der Waals surface area (Å²) in [6.45, 7) is 2.73. The number of hydrogen-bond acceptors (Lipinski definition) is 3. The molecule has 20 heavy (non-hydrogen) atoms. The predicted octanol–water partition coefficient (Wildman–Crippen LogP) is 4.14. The van der Waals surface area contributed by atoms with Gasteiger partial charge in [-0.05, 0) is 55.4 Å². The topological polar surface area (TPSA) is 45.0 Å². The third-order valence-corrected chi connectivity index (χ3v) is 3.79. The number of nitrogens with one attached hydrogen (secondary N) is 1. The zero-order valence-corrected chi connectivity index (χ0v) is 13.0. The highest BCUT2D eigenvalue weighted by atomic mass is 79.9. The monoisotopic (exact) mass is 330 g/mol. The third-order valence-electron chi connectivity index (χ3n) is 2.90. The van der Waals surface area contributed by atoms with Gasteiger partial charge in [-0.2, -0.15) is 5.26 Å². The molecule has 0 bridgehead atoms. The molecule has 0 saturated carbocycles. The second-order valence-corrected chi connectivity index (χ2v) is 5.34. The molecular weight excluding hydrogens is 316 g/mol. The summed E-state index contributed by atoms with van der Waals surface area (Å²) < 4.78 is 6.84. The smallest absolute Gasteiger partial charge is 0.145 e. The van der Waals surface area contributed by atoms with Crippen LogP contribution in [-0.2, 0) is 6.54 Å². The third kappa shape index (κ3) is 3.38. The number of hydrogen-bond donors (Lipinski definition) is 1. The van der Waals surface area contributed by atoms with Crippen molar-refractivity contribution in [1.29, 1.82) is 5.26 Å². The molecule has 0 saturated heterocycles. The fourth-order valence-corrected chi connectivity index (χ4v) is 2.12. The minimum Gasteiger partial charge on any atom is -0.456 e. The molecule has 0 heterocycles. The van der Waals surface area contributed by atoms with Crippen molar-refractivity contribution in [1.82, 2.24) is 5.32 Å². The average molecular weight is 331 g/mol. The summed E-state index contributed by atoms with van der Waals surface area (Å²) in [5.41, 5.74) is 2.69. The molecule has 0 unspecified atom stereocenters. The summed E-state index contributed by atoms with van der Waals surface area (Å²) in [6.07, 6.45) is 0. The van der Waals surface area contributed by atoms with Crippen molar-refractivity contribution in [2.24, 2.45) is 0 Å². The van der Waals surface area contributed by atoms with E-state index in [4.69, 9.17) is 4.74 Å². The number of nitriles is 1. The molecular formula is C16H15BrN2O. The van der Waals surface area contributed by atoms with Crippen LogP contribution in [0.15, 0.2) is 40.9 Å². The lowest BCUT2D eigenvalue weighted by atomic mass is 10.1. The molecule has 0 aliphatic rings. The standard InChI is InChI=1S/C16H15BrN2O/c1-11-7-14(4-5-15(11)17)20-16-6-3-12(10-19-2)8-13(16)9-18/h3-8,19H,10H2,1-2H3. The van der Waals surface area contributed by atoms with Crippen LogP contribution in [0.5, 0.6) is 11.5 Å². The summed E-state index contributed by atoms with van der Waals surface area (Å²) in [5, 5.41) is 12.3. The van der Waals surface area contributed by atoms with Gasteiger partial charge in [-0.3, -0.25) is 0 Å². The number of halogens is 1. The number of benzene rings is 2. The Labute approximate surface area is 127 Å². The Morgan fingerprint density at radius 1 is 1.25 bits per heavy atom. The van der Waals surface area contributed by atoms with Crippen molar-refractivity contribution < 1.29 is 4.74 Å². The number of aryl methyl sites for hydroxylation is 1. The van der Waals surface area contributed by atoms with Crippen LogP contribution in [0.4, 0.5) is 0 Å². The van der Waals surface area contributed by atoms with E-state index in [-0.39, 0.29) is 0 Å². The second kappa shape index (κ2) is 6.56. The van der Waals surface area contributed by atoms with Crippen LogP contribution in [0, 0.1) is 18.3 Å². The Morgan fingerprint density at radius 2 is 2.05 bits per heavy atom. The maximum atomic E-state index is 9.23. The SMILES string of the molecule is CNCc1ccc(Oc2ccc(Br)c(C)c2)c(C#N)c1. The van der Waals surface area contributed by atoms with Gasteiger partial charge in [0, 0.05) is 11.0 Å². The van der Waals surface area contributed by atoms with Crippen LogP contribution in [-0.4, -0.2) is 7.05 Å². The van der Waals surface area contributed by atoms with Gasteiger partial charge in [-0.15, -0.1) is 0 Å². The van der Waals surface area contributed by atoms with Gasteiger partial charge in [0.05, 0.1) is 5.56 Å². The summed E-state index contributed by atoms with van der Waals surface area (Å²) in [4.78, 5) is 0. The van der Waals surface area contributed by atoms with E-state index in [1.807, 2.05) is 50.4 Å². The van der Waals surface area contributed by atoms with Gasteiger partial charge in [-0.25, -0.2) is 0 Å². The van der Waals surface area contributed by atoms with E-state index in [1.54, 1.807) is 0 Å². The first-order chi connectivity index (χ1) is 9.63. The van der Waals surface area contributed by atoms with Crippen molar-refractivity contribution in [2.45, 2.75) is 13.5 Å². The maximum absolute atomic E-state index is 9.23. The van der Waals surface area contributed by atoms with Crippen LogP contribution >= 0.6 is 15.9 Å². The van der Waals surface area contributed by atoms with Crippen LogP contribution in [0.1, 0.15) is 16.7 Å². The van der Waals surface area contributed by atoms with Gasteiger partial charge in [0.25, 0.3) is 0 Å². The molecule has 2 rings (SSSR count). The zero-order chi connectivity index (χ0) is 14.5. The Bertz CT molecular complexity index is 662. The van der Waals surface area contributed by atoms with E-state index < -0.39 is 0 Å². The number of nitrogens with zero attached hydrogens (tertiary/aromatic N) is 1. The van der Waals surface area contributed by atoms with Crippen molar-refractivity contribution in [3.05, 3.63) is 57.6 Å². The van der Waals surface area contributed by atoms with Crippen LogP contribution in [0.25, 0.3) is 0 Å².